The van der Waals surface area contributed by atoms with Gasteiger partial charge in [0.15, 0.2) is 0 Å². The number of amides is 1. The molecule has 1 aliphatic carbocycles. The average molecular weight is 290 g/mol. The molecule has 1 saturated carbocycles. The van der Waals surface area contributed by atoms with E-state index in [0.717, 1.165) is 31.2 Å². The van der Waals surface area contributed by atoms with Crippen molar-refractivity contribution in [3.63, 3.8) is 0 Å². The Labute approximate surface area is 126 Å². The van der Waals surface area contributed by atoms with Crippen molar-refractivity contribution < 1.29 is 9.90 Å². The maximum Gasteiger partial charge on any atom is 0.241 e. The zero-order chi connectivity index (χ0) is 15.5. The van der Waals surface area contributed by atoms with E-state index in [4.69, 9.17) is 5.73 Å². The molecule has 1 aromatic carbocycles. The lowest BCUT2D eigenvalue weighted by Gasteiger charge is -2.40. The lowest BCUT2D eigenvalue weighted by molar-refractivity contribution is -0.124. The summed E-state index contributed by atoms with van der Waals surface area (Å²) in [5, 5.41) is 13.4. The molecule has 0 bridgehead atoms. The van der Waals surface area contributed by atoms with E-state index in [1.165, 1.54) is 0 Å². The molecule has 0 heterocycles. The summed E-state index contributed by atoms with van der Waals surface area (Å²) < 4.78 is 0. The van der Waals surface area contributed by atoms with E-state index in [1.54, 1.807) is 0 Å². The quantitative estimate of drug-likeness (QED) is 0.795. The molecule has 1 aromatic rings. The van der Waals surface area contributed by atoms with Crippen molar-refractivity contribution in [3.8, 4) is 0 Å². The summed E-state index contributed by atoms with van der Waals surface area (Å²) in [4.78, 5) is 12.1. The number of rotatable bonds is 4. The van der Waals surface area contributed by atoms with Crippen molar-refractivity contribution in [1.82, 2.24) is 5.32 Å². The van der Waals surface area contributed by atoms with Crippen molar-refractivity contribution in [2.75, 3.05) is 6.54 Å². The Morgan fingerprint density at radius 2 is 1.81 bits per heavy atom. The molecule has 1 fully saturated rings. The molecule has 0 saturated heterocycles. The number of aliphatic hydroxyl groups is 1. The predicted octanol–water partition coefficient (Wildman–Crippen LogP) is 2.13. The van der Waals surface area contributed by atoms with E-state index < -0.39 is 11.6 Å². The van der Waals surface area contributed by atoms with Crippen LogP contribution in [0.5, 0.6) is 0 Å². The van der Waals surface area contributed by atoms with Crippen LogP contribution in [0, 0.1) is 5.41 Å². The lowest BCUT2D eigenvalue weighted by Crippen LogP contribution is -2.48. The number of carbonyl (C=O) groups excluding carboxylic acids is 1. The highest BCUT2D eigenvalue weighted by Crippen LogP contribution is 2.39. The molecule has 1 aliphatic rings. The van der Waals surface area contributed by atoms with Gasteiger partial charge < -0.3 is 16.2 Å². The SMILES string of the molecule is CC1(C)CCC(O)(CNC(=O)[C@@H](N)c2ccccc2)CC1. The summed E-state index contributed by atoms with van der Waals surface area (Å²) in [5.41, 5.74) is 6.23. The Balaban J connectivity index is 1.87. The van der Waals surface area contributed by atoms with Gasteiger partial charge in [-0.15, -0.1) is 0 Å². The number of nitrogens with two attached hydrogens (primary N) is 1. The first-order chi connectivity index (χ1) is 9.81. The second kappa shape index (κ2) is 6.16. The van der Waals surface area contributed by atoms with E-state index in [2.05, 4.69) is 19.2 Å². The first-order valence-corrected chi connectivity index (χ1v) is 7.62. The van der Waals surface area contributed by atoms with Crippen LogP contribution in [0.1, 0.15) is 51.1 Å². The third kappa shape index (κ3) is 4.29. The van der Waals surface area contributed by atoms with Crippen LogP contribution in [-0.4, -0.2) is 23.2 Å². The number of benzene rings is 1. The fraction of sp³-hybridized carbons (Fsp3) is 0.588. The van der Waals surface area contributed by atoms with Crippen LogP contribution in [-0.2, 0) is 4.79 Å². The zero-order valence-corrected chi connectivity index (χ0v) is 12.9. The number of nitrogens with one attached hydrogen (secondary N) is 1. The molecule has 0 aliphatic heterocycles. The molecule has 4 heteroatoms. The highest BCUT2D eigenvalue weighted by molar-refractivity contribution is 5.82. The van der Waals surface area contributed by atoms with Crippen LogP contribution < -0.4 is 11.1 Å². The molecule has 0 aromatic heterocycles. The largest absolute Gasteiger partial charge is 0.388 e. The van der Waals surface area contributed by atoms with Crippen molar-refractivity contribution in [2.24, 2.45) is 11.1 Å². The van der Waals surface area contributed by atoms with E-state index in [-0.39, 0.29) is 17.9 Å². The van der Waals surface area contributed by atoms with E-state index >= 15 is 0 Å². The number of hydrogen-bond acceptors (Lipinski definition) is 3. The van der Waals surface area contributed by atoms with Gasteiger partial charge in [-0.2, -0.15) is 0 Å². The Morgan fingerprint density at radius 3 is 2.38 bits per heavy atom. The average Bonchev–Trinajstić information content (AvgIpc) is 2.49. The minimum absolute atomic E-state index is 0.237. The van der Waals surface area contributed by atoms with Gasteiger partial charge in [-0.1, -0.05) is 44.2 Å². The van der Waals surface area contributed by atoms with Crippen LogP contribution in [0.4, 0.5) is 0 Å². The highest BCUT2D eigenvalue weighted by atomic mass is 16.3. The van der Waals surface area contributed by atoms with Crippen molar-refractivity contribution in [3.05, 3.63) is 35.9 Å². The molecule has 4 N–H and O–H groups in total. The summed E-state index contributed by atoms with van der Waals surface area (Å²) in [5.74, 6) is -0.237. The standard InChI is InChI=1S/C17H26N2O2/c1-16(2)8-10-17(21,11-9-16)12-19-15(20)14(18)13-6-4-3-5-7-13/h3-7,14,21H,8-12,18H2,1-2H3,(H,19,20)/t14-/m0/s1. The summed E-state index contributed by atoms with van der Waals surface area (Å²) in [6, 6.07) is 8.60. The monoisotopic (exact) mass is 290 g/mol. The van der Waals surface area contributed by atoms with Gasteiger partial charge >= 0.3 is 0 Å². The molecule has 4 nitrogen and oxygen atoms in total. The third-order valence-corrected chi connectivity index (χ3v) is 4.57. The van der Waals surface area contributed by atoms with Crippen LogP contribution >= 0.6 is 0 Å². The van der Waals surface area contributed by atoms with Crippen molar-refractivity contribution in [1.29, 1.82) is 0 Å². The highest BCUT2D eigenvalue weighted by Gasteiger charge is 2.37. The second-order valence-electron chi connectivity index (χ2n) is 6.99. The Kier molecular flexibility index (Phi) is 4.69. The molecule has 0 unspecified atom stereocenters. The van der Waals surface area contributed by atoms with Gasteiger partial charge in [0.25, 0.3) is 0 Å². The minimum atomic E-state index is -0.790. The van der Waals surface area contributed by atoms with Gasteiger partial charge in [0.05, 0.1) is 5.60 Å². The Morgan fingerprint density at radius 1 is 1.24 bits per heavy atom. The van der Waals surface area contributed by atoms with Crippen LogP contribution in [0.15, 0.2) is 30.3 Å². The van der Waals surface area contributed by atoms with E-state index in [9.17, 15) is 9.90 Å². The normalized spacial score (nSPS) is 21.5. The van der Waals surface area contributed by atoms with Gasteiger partial charge in [0, 0.05) is 6.54 Å². The molecule has 0 radical (unpaired) electrons. The van der Waals surface area contributed by atoms with Gasteiger partial charge in [-0.3, -0.25) is 4.79 Å². The first-order valence-electron chi connectivity index (χ1n) is 7.62. The molecule has 1 amide bonds. The fourth-order valence-electron chi connectivity index (χ4n) is 2.74. The van der Waals surface area contributed by atoms with Crippen molar-refractivity contribution in [2.45, 2.75) is 51.2 Å². The zero-order valence-electron chi connectivity index (χ0n) is 12.9. The van der Waals surface area contributed by atoms with Gasteiger partial charge in [-0.05, 0) is 36.7 Å². The minimum Gasteiger partial charge on any atom is -0.388 e. The first kappa shape index (κ1) is 16.0. The van der Waals surface area contributed by atoms with Crippen molar-refractivity contribution >= 4 is 5.91 Å². The Hall–Kier alpha value is -1.39. The summed E-state index contributed by atoms with van der Waals surface area (Å²) >= 11 is 0. The molecular weight excluding hydrogens is 264 g/mol. The third-order valence-electron chi connectivity index (χ3n) is 4.57. The molecular formula is C17H26N2O2. The van der Waals surface area contributed by atoms with Gasteiger partial charge in [-0.25, -0.2) is 0 Å². The fourth-order valence-corrected chi connectivity index (χ4v) is 2.74. The number of hydrogen-bond donors (Lipinski definition) is 3. The summed E-state index contributed by atoms with van der Waals surface area (Å²) in [6.45, 7) is 4.72. The Bertz CT molecular complexity index is 475. The molecule has 2 rings (SSSR count). The number of carbonyl (C=O) groups is 1. The van der Waals surface area contributed by atoms with E-state index in [0.29, 0.717) is 0 Å². The smallest absolute Gasteiger partial charge is 0.241 e. The molecule has 21 heavy (non-hydrogen) atoms. The summed E-state index contributed by atoms with van der Waals surface area (Å²) in [6.07, 6.45) is 3.40. The molecule has 116 valence electrons. The van der Waals surface area contributed by atoms with Gasteiger partial charge in [0.1, 0.15) is 6.04 Å². The summed E-state index contributed by atoms with van der Waals surface area (Å²) in [7, 11) is 0. The van der Waals surface area contributed by atoms with Gasteiger partial charge in [0.2, 0.25) is 5.91 Å². The lowest BCUT2D eigenvalue weighted by atomic mass is 9.71. The van der Waals surface area contributed by atoms with Crippen LogP contribution in [0.3, 0.4) is 0 Å². The van der Waals surface area contributed by atoms with E-state index in [1.807, 2.05) is 30.3 Å². The maximum atomic E-state index is 12.1. The predicted molar refractivity (Wildman–Crippen MR) is 83.6 cm³/mol. The second-order valence-corrected chi connectivity index (χ2v) is 6.99. The maximum absolute atomic E-state index is 12.1. The van der Waals surface area contributed by atoms with Crippen LogP contribution in [0.2, 0.25) is 0 Å². The molecule has 0 spiro atoms. The van der Waals surface area contributed by atoms with Crippen LogP contribution in [0.25, 0.3) is 0 Å². The topological polar surface area (TPSA) is 75.3 Å². The molecule has 1 atom stereocenters.